The fourth-order valence-corrected chi connectivity index (χ4v) is 2.12. The summed E-state index contributed by atoms with van der Waals surface area (Å²) in [4.78, 5) is 12.1. The maximum Gasteiger partial charge on any atom is 0.608 e. The van der Waals surface area contributed by atoms with Gasteiger partial charge in [-0.2, -0.15) is 10.1 Å². The molecule has 4 nitrogen and oxygen atoms in total. The number of nitriles is 1. The quantitative estimate of drug-likeness (QED) is 0.633. The Morgan fingerprint density at radius 1 is 1.15 bits per heavy atom. The van der Waals surface area contributed by atoms with E-state index in [4.69, 9.17) is 9.68 Å². The molecule has 0 aliphatic carbocycles. The lowest BCUT2D eigenvalue weighted by molar-refractivity contribution is -0.623. The Kier molecular flexibility index (Phi) is 2.81. The van der Waals surface area contributed by atoms with Gasteiger partial charge in [0.05, 0.1) is 17.0 Å². The Balaban J connectivity index is 2.23. The molecule has 4 heteroatoms. The van der Waals surface area contributed by atoms with E-state index in [1.54, 1.807) is 30.5 Å². The van der Waals surface area contributed by atoms with Gasteiger partial charge in [0.25, 0.3) is 0 Å². The molecule has 0 spiro atoms. The molecule has 3 aromatic rings. The Bertz CT molecular complexity index is 887. The van der Waals surface area contributed by atoms with Crippen LogP contribution in [0, 0.1) is 18.3 Å². The second-order valence-corrected chi connectivity index (χ2v) is 4.52. The average molecular weight is 263 g/mol. The van der Waals surface area contributed by atoms with Gasteiger partial charge in [-0.3, -0.25) is 0 Å². The minimum absolute atomic E-state index is 0.448. The third-order valence-electron chi connectivity index (χ3n) is 3.17. The van der Waals surface area contributed by atoms with Gasteiger partial charge < -0.3 is 4.42 Å². The summed E-state index contributed by atoms with van der Waals surface area (Å²) in [5.74, 6) is -0.448. The molecule has 0 aliphatic heterocycles. The van der Waals surface area contributed by atoms with Gasteiger partial charge in [0.2, 0.25) is 5.69 Å². The third kappa shape index (κ3) is 1.95. The van der Waals surface area contributed by atoms with E-state index in [2.05, 4.69) is 0 Å². The lowest BCUT2D eigenvalue weighted by Crippen LogP contribution is -2.46. The summed E-state index contributed by atoms with van der Waals surface area (Å²) >= 11 is 0. The van der Waals surface area contributed by atoms with Crippen molar-refractivity contribution in [3.05, 3.63) is 70.3 Å². The van der Waals surface area contributed by atoms with Crippen molar-refractivity contribution < 1.29 is 8.98 Å². The molecule has 20 heavy (non-hydrogen) atoms. The van der Waals surface area contributed by atoms with E-state index in [0.29, 0.717) is 16.8 Å². The largest absolute Gasteiger partial charge is 0.608 e. The minimum Gasteiger partial charge on any atom is -0.371 e. The molecule has 0 bridgehead atoms. The van der Waals surface area contributed by atoms with Crippen LogP contribution in [0.4, 0.5) is 0 Å². The summed E-state index contributed by atoms with van der Waals surface area (Å²) in [6.45, 7) is 1.90. The number of aromatic nitrogens is 1. The highest BCUT2D eigenvalue weighted by molar-refractivity contribution is 5.77. The predicted octanol–water partition coefficient (Wildman–Crippen LogP) is 2.25. The van der Waals surface area contributed by atoms with Crippen LogP contribution in [0.5, 0.6) is 0 Å². The van der Waals surface area contributed by atoms with E-state index in [1.807, 2.05) is 31.2 Å². The van der Waals surface area contributed by atoms with Crippen LogP contribution < -0.4 is 10.3 Å². The summed E-state index contributed by atoms with van der Waals surface area (Å²) in [6, 6.07) is 14.5. The molecule has 3 rings (SSSR count). The molecule has 0 atom stereocenters. The monoisotopic (exact) mass is 263 g/mol. The van der Waals surface area contributed by atoms with E-state index < -0.39 is 5.76 Å². The first kappa shape index (κ1) is 12.1. The molecule has 0 fully saturated rings. The van der Waals surface area contributed by atoms with Gasteiger partial charge in [-0.05, 0) is 30.7 Å². The number of hydrogen-bond donors (Lipinski definition) is 0. The molecule has 1 aromatic heterocycles. The first-order valence-electron chi connectivity index (χ1n) is 6.15. The summed E-state index contributed by atoms with van der Waals surface area (Å²) in [6.07, 6.45) is 1.75. The zero-order valence-electron chi connectivity index (χ0n) is 10.8. The van der Waals surface area contributed by atoms with Crippen molar-refractivity contribution in [3.8, 4) is 11.8 Å². The Labute approximate surface area is 115 Å². The van der Waals surface area contributed by atoms with Crippen LogP contribution in [0.25, 0.3) is 16.7 Å². The highest BCUT2D eigenvalue weighted by atomic mass is 16.4. The normalized spacial score (nSPS) is 10.4. The number of hydrogen-bond acceptors (Lipinski definition) is 3. The van der Waals surface area contributed by atoms with Crippen LogP contribution >= 0.6 is 0 Å². The molecule has 1 heterocycles. The molecule has 96 valence electrons. The summed E-state index contributed by atoms with van der Waals surface area (Å²) in [5.41, 5.74) is 2.74. The predicted molar refractivity (Wildman–Crippen MR) is 73.5 cm³/mol. The zero-order valence-corrected chi connectivity index (χ0v) is 10.8. The Morgan fingerprint density at radius 2 is 1.90 bits per heavy atom. The van der Waals surface area contributed by atoms with Crippen LogP contribution in [0.3, 0.4) is 0 Å². The van der Waals surface area contributed by atoms with E-state index in [9.17, 15) is 4.79 Å². The van der Waals surface area contributed by atoms with Crippen molar-refractivity contribution in [2.45, 2.75) is 6.92 Å². The summed E-state index contributed by atoms with van der Waals surface area (Å²) in [7, 11) is 0. The second-order valence-electron chi connectivity index (χ2n) is 4.52. The second kappa shape index (κ2) is 4.63. The highest BCUT2D eigenvalue weighted by Crippen LogP contribution is 2.14. The van der Waals surface area contributed by atoms with Gasteiger partial charge in [0.1, 0.15) is 0 Å². The van der Waals surface area contributed by atoms with E-state index in [1.165, 1.54) is 4.57 Å². The fourth-order valence-electron chi connectivity index (χ4n) is 2.12. The van der Waals surface area contributed by atoms with Crippen molar-refractivity contribution in [1.82, 2.24) is 0 Å². The SMILES string of the molecule is Cc1cccc2c[n+](-c3ccc(C#N)cc3)c(=O)oc12. The Morgan fingerprint density at radius 3 is 2.60 bits per heavy atom. The van der Waals surface area contributed by atoms with Gasteiger partial charge >= 0.3 is 5.76 Å². The maximum absolute atomic E-state index is 12.1. The van der Waals surface area contributed by atoms with Gasteiger partial charge in [0, 0.05) is 12.1 Å². The highest BCUT2D eigenvalue weighted by Gasteiger charge is 2.16. The molecule has 0 radical (unpaired) electrons. The molecule has 0 amide bonds. The first-order valence-corrected chi connectivity index (χ1v) is 6.15. The lowest BCUT2D eigenvalue weighted by Gasteiger charge is -1.99. The van der Waals surface area contributed by atoms with Crippen molar-refractivity contribution in [2.75, 3.05) is 0 Å². The summed E-state index contributed by atoms with van der Waals surface area (Å²) in [5, 5.41) is 9.64. The van der Waals surface area contributed by atoms with Gasteiger partial charge in [0.15, 0.2) is 11.8 Å². The molecule has 0 N–H and O–H groups in total. The Hall–Kier alpha value is -2.93. The third-order valence-corrected chi connectivity index (χ3v) is 3.17. The van der Waals surface area contributed by atoms with Crippen molar-refractivity contribution in [2.24, 2.45) is 0 Å². The number of fused-ring (bicyclic) bond motifs is 1. The molecule has 0 unspecified atom stereocenters. The first-order chi connectivity index (χ1) is 9.69. The topological polar surface area (TPSA) is 57.9 Å². The van der Waals surface area contributed by atoms with Crippen molar-refractivity contribution in [3.63, 3.8) is 0 Å². The molecule has 0 saturated heterocycles. The molecule has 2 aromatic carbocycles. The van der Waals surface area contributed by atoms with Gasteiger partial charge in [-0.1, -0.05) is 16.7 Å². The summed E-state index contributed by atoms with van der Waals surface area (Å²) < 4.78 is 6.81. The van der Waals surface area contributed by atoms with Crippen molar-refractivity contribution >= 4 is 11.0 Å². The van der Waals surface area contributed by atoms with Crippen LogP contribution in [-0.4, -0.2) is 0 Å². The molecule has 0 aliphatic rings. The van der Waals surface area contributed by atoms with Crippen LogP contribution in [0.15, 0.2) is 57.9 Å². The van der Waals surface area contributed by atoms with Gasteiger partial charge in [-0.25, -0.2) is 0 Å². The minimum atomic E-state index is -0.448. The molecular weight excluding hydrogens is 252 g/mol. The average Bonchev–Trinajstić information content (AvgIpc) is 2.48. The molecule has 0 saturated carbocycles. The van der Waals surface area contributed by atoms with Gasteiger partial charge in [-0.15, -0.1) is 0 Å². The van der Waals surface area contributed by atoms with E-state index in [0.717, 1.165) is 10.9 Å². The maximum atomic E-state index is 12.1. The van der Waals surface area contributed by atoms with E-state index in [-0.39, 0.29) is 0 Å². The smallest absolute Gasteiger partial charge is 0.371 e. The zero-order chi connectivity index (χ0) is 14.1. The van der Waals surface area contributed by atoms with Crippen molar-refractivity contribution in [1.29, 1.82) is 5.26 Å². The standard InChI is InChI=1S/C16H11N2O2/c1-11-3-2-4-13-10-18(16(19)20-15(11)13)14-7-5-12(9-17)6-8-14/h2-8,10H,1H3/q+1. The van der Waals surface area contributed by atoms with Crippen LogP contribution in [-0.2, 0) is 0 Å². The fraction of sp³-hybridized carbons (Fsp3) is 0.0625. The molecular formula is C16H11N2O2+. The number of aryl methyl sites for hydroxylation is 1. The number of para-hydroxylation sites is 1. The number of benzene rings is 2. The number of nitrogens with zero attached hydrogens (tertiary/aromatic N) is 2. The lowest BCUT2D eigenvalue weighted by atomic mass is 10.2. The van der Waals surface area contributed by atoms with E-state index >= 15 is 0 Å². The van der Waals surface area contributed by atoms with Crippen LogP contribution in [0.2, 0.25) is 0 Å². The number of rotatable bonds is 1. The van der Waals surface area contributed by atoms with Crippen LogP contribution in [0.1, 0.15) is 11.1 Å².